The molecule has 54 heavy (non-hydrogen) atoms. The fourth-order valence-electron chi connectivity index (χ4n) is 6.98. The maximum atomic E-state index is 13.4. The van der Waals surface area contributed by atoms with Crippen LogP contribution in [0.1, 0.15) is 60.2 Å². The van der Waals surface area contributed by atoms with E-state index in [1.807, 2.05) is 83.5 Å². The monoisotopic (exact) mass is 777 g/mol. The van der Waals surface area contributed by atoms with Gasteiger partial charge < -0.3 is 0 Å². The first-order valence-electron chi connectivity index (χ1n) is 18.1. The molecular formula is C44H40BrN7O2. The second-order valence-corrected chi connectivity index (χ2v) is 14.6. The van der Waals surface area contributed by atoms with Crippen molar-refractivity contribution in [3.63, 3.8) is 0 Å². The smallest absolute Gasteiger partial charge is 0.256 e. The van der Waals surface area contributed by atoms with Crippen molar-refractivity contribution in [3.05, 3.63) is 183 Å². The van der Waals surface area contributed by atoms with Crippen molar-refractivity contribution in [2.24, 2.45) is 0 Å². The fourth-order valence-corrected chi connectivity index (χ4v) is 7.09. The molecule has 0 fully saturated rings. The summed E-state index contributed by atoms with van der Waals surface area (Å²) in [5.74, 6) is 0.505. The molecule has 0 aliphatic rings. The Hall–Kier alpha value is -6.00. The number of nitrogens with one attached hydrogen (secondary N) is 2. The van der Waals surface area contributed by atoms with Gasteiger partial charge in [0, 0.05) is 17.5 Å². The van der Waals surface area contributed by atoms with Gasteiger partial charge >= 0.3 is 0 Å². The van der Waals surface area contributed by atoms with Gasteiger partial charge in [0.1, 0.15) is 5.54 Å². The first-order valence-corrected chi connectivity index (χ1v) is 19.0. The lowest BCUT2D eigenvalue weighted by Gasteiger charge is -2.36. The van der Waals surface area contributed by atoms with E-state index in [0.29, 0.717) is 29.9 Å². The lowest BCUT2D eigenvalue weighted by molar-refractivity contribution is -0.115. The summed E-state index contributed by atoms with van der Waals surface area (Å²) in [6.45, 7) is 3.82. The van der Waals surface area contributed by atoms with Gasteiger partial charge in [0.15, 0.2) is 5.82 Å². The van der Waals surface area contributed by atoms with Crippen molar-refractivity contribution in [2.45, 2.75) is 49.9 Å². The Morgan fingerprint density at radius 1 is 0.796 bits per heavy atom. The number of carbonyl (C=O) groups excluding carboxylic acids is 1. The van der Waals surface area contributed by atoms with Crippen LogP contribution in [-0.2, 0) is 23.2 Å². The van der Waals surface area contributed by atoms with Crippen molar-refractivity contribution < 1.29 is 4.79 Å². The van der Waals surface area contributed by atoms with Gasteiger partial charge in [0.25, 0.3) is 5.56 Å². The summed E-state index contributed by atoms with van der Waals surface area (Å²) in [6, 6.07) is 47.4. The van der Waals surface area contributed by atoms with Crippen LogP contribution in [0.4, 0.5) is 5.95 Å². The van der Waals surface area contributed by atoms with Crippen LogP contribution in [0.3, 0.4) is 0 Å². The van der Waals surface area contributed by atoms with E-state index < -0.39 is 10.4 Å². The normalized spacial score (nSPS) is 12.0. The zero-order chi connectivity index (χ0) is 37.5. The molecule has 1 unspecified atom stereocenters. The van der Waals surface area contributed by atoms with Crippen molar-refractivity contribution in [2.75, 3.05) is 5.32 Å². The highest BCUT2D eigenvalue weighted by Gasteiger charge is 2.42. The standard InChI is InChI=1S/C44H40BrN7O2/c1-3-4-24-39-38(42(54)48-43(46-39)47-41(53)30(2)45)29-31-25-27-32(28-26-31)36-22-14-15-23-37(36)40-49-50-51-52(40)44(33-16-8-5-9-17-33,34-18-10-6-11-19-34)35-20-12-7-13-21-35/h5-23,25-28,30H,3-4,24,29H2,1-2H3,(H2,46,47,48,53,54). The number of amides is 1. The maximum absolute atomic E-state index is 13.4. The topological polar surface area (TPSA) is 118 Å². The zero-order valence-electron chi connectivity index (χ0n) is 30.1. The molecule has 9 nitrogen and oxygen atoms in total. The van der Waals surface area contributed by atoms with Gasteiger partial charge in [-0.1, -0.05) is 169 Å². The van der Waals surface area contributed by atoms with E-state index in [-0.39, 0.29) is 17.4 Å². The van der Waals surface area contributed by atoms with Crippen LogP contribution in [0.25, 0.3) is 22.5 Å². The van der Waals surface area contributed by atoms with Crippen LogP contribution < -0.4 is 10.9 Å². The highest BCUT2D eigenvalue weighted by molar-refractivity contribution is 9.10. The second-order valence-electron chi connectivity index (χ2n) is 13.2. The molecule has 1 atom stereocenters. The lowest BCUT2D eigenvalue weighted by Crippen LogP contribution is -2.39. The van der Waals surface area contributed by atoms with Gasteiger partial charge in [-0.15, -0.1) is 5.10 Å². The Labute approximate surface area is 322 Å². The van der Waals surface area contributed by atoms with E-state index in [0.717, 1.165) is 51.8 Å². The summed E-state index contributed by atoms with van der Waals surface area (Å²) >= 11 is 3.27. The predicted molar refractivity (Wildman–Crippen MR) is 217 cm³/mol. The molecule has 2 N–H and O–H groups in total. The highest BCUT2D eigenvalue weighted by Crippen LogP contribution is 2.43. The van der Waals surface area contributed by atoms with Crippen LogP contribution in [0.15, 0.2) is 144 Å². The largest absolute Gasteiger partial charge is 0.295 e. The Bertz CT molecular complexity index is 2300. The summed E-state index contributed by atoms with van der Waals surface area (Å²) in [5, 5.41) is 16.5. The van der Waals surface area contributed by atoms with Crippen molar-refractivity contribution in [3.8, 4) is 22.5 Å². The second kappa shape index (κ2) is 16.3. The fraction of sp³-hybridized carbons (Fsp3) is 0.182. The van der Waals surface area contributed by atoms with E-state index >= 15 is 0 Å². The number of anilines is 1. The number of hydrogen-bond acceptors (Lipinski definition) is 6. The van der Waals surface area contributed by atoms with Gasteiger partial charge in [-0.05, 0) is 63.6 Å². The van der Waals surface area contributed by atoms with Crippen molar-refractivity contribution in [1.29, 1.82) is 0 Å². The molecule has 5 aromatic carbocycles. The summed E-state index contributed by atoms with van der Waals surface area (Å²) in [6.07, 6.45) is 2.87. The quantitative estimate of drug-likeness (QED) is 0.0895. The van der Waals surface area contributed by atoms with Crippen molar-refractivity contribution >= 4 is 27.8 Å². The molecular weight excluding hydrogens is 738 g/mol. The number of nitrogens with zero attached hydrogens (tertiary/aromatic N) is 5. The Kier molecular flexibility index (Phi) is 11.0. The number of aryl methyl sites for hydroxylation is 1. The molecule has 0 aliphatic carbocycles. The first kappa shape index (κ1) is 36.4. The summed E-state index contributed by atoms with van der Waals surface area (Å²) in [4.78, 5) is 32.7. The molecule has 0 aliphatic heterocycles. The summed E-state index contributed by atoms with van der Waals surface area (Å²) in [5.41, 5.74) is 7.00. The summed E-state index contributed by atoms with van der Waals surface area (Å²) < 4.78 is 1.95. The number of tetrazole rings is 1. The van der Waals surface area contributed by atoms with E-state index in [1.165, 1.54) is 0 Å². The summed E-state index contributed by atoms with van der Waals surface area (Å²) in [7, 11) is 0. The minimum atomic E-state index is -0.888. The van der Waals surface area contributed by atoms with Crippen LogP contribution >= 0.6 is 15.9 Å². The number of hydrogen-bond donors (Lipinski definition) is 2. The number of benzene rings is 5. The minimum Gasteiger partial charge on any atom is -0.295 e. The van der Waals surface area contributed by atoms with Crippen LogP contribution in [0, 0.1) is 0 Å². The van der Waals surface area contributed by atoms with E-state index in [4.69, 9.17) is 10.3 Å². The molecule has 0 bridgehead atoms. The Balaban J connectivity index is 1.29. The third-order valence-corrected chi connectivity index (χ3v) is 10.1. The number of rotatable bonds is 13. The molecule has 10 heteroatoms. The molecule has 2 aromatic heterocycles. The van der Waals surface area contributed by atoms with Crippen LogP contribution in [0.5, 0.6) is 0 Å². The third kappa shape index (κ3) is 7.30. The van der Waals surface area contributed by atoms with Crippen molar-refractivity contribution in [1.82, 2.24) is 30.2 Å². The minimum absolute atomic E-state index is 0.163. The lowest BCUT2D eigenvalue weighted by atomic mass is 9.77. The molecule has 7 rings (SSSR count). The van der Waals surface area contributed by atoms with Gasteiger partial charge in [-0.2, -0.15) is 0 Å². The van der Waals surface area contributed by atoms with Crippen LogP contribution in [0.2, 0.25) is 0 Å². The third-order valence-electron chi connectivity index (χ3n) is 9.65. The molecule has 1 amide bonds. The molecule has 2 heterocycles. The number of H-pyrrole nitrogens is 1. The first-order chi connectivity index (χ1) is 26.4. The zero-order valence-corrected chi connectivity index (χ0v) is 31.7. The number of carbonyl (C=O) groups is 1. The van der Waals surface area contributed by atoms with Crippen LogP contribution in [-0.4, -0.2) is 40.9 Å². The molecule has 0 spiro atoms. The van der Waals surface area contributed by atoms with Gasteiger partial charge in [0.2, 0.25) is 11.9 Å². The predicted octanol–water partition coefficient (Wildman–Crippen LogP) is 8.59. The van der Waals surface area contributed by atoms with E-state index in [2.05, 4.69) is 104 Å². The van der Waals surface area contributed by atoms with Gasteiger partial charge in [0.05, 0.1) is 10.5 Å². The van der Waals surface area contributed by atoms with E-state index in [1.54, 1.807) is 6.92 Å². The number of halogens is 1. The Morgan fingerprint density at radius 3 is 1.91 bits per heavy atom. The molecule has 270 valence electrons. The molecule has 7 aromatic rings. The Morgan fingerprint density at radius 2 is 1.35 bits per heavy atom. The number of unbranched alkanes of at least 4 members (excludes halogenated alkanes) is 1. The number of alkyl halides is 1. The maximum Gasteiger partial charge on any atom is 0.256 e. The highest BCUT2D eigenvalue weighted by atomic mass is 79.9. The number of aromatic nitrogens is 6. The molecule has 0 saturated heterocycles. The van der Waals surface area contributed by atoms with Gasteiger partial charge in [-0.25, -0.2) is 9.67 Å². The SMILES string of the molecule is CCCCc1nc(NC(=O)C(C)Br)[nH]c(=O)c1Cc1ccc(-c2ccccc2-c2nnnn2C(c2ccccc2)(c2ccccc2)c2ccccc2)cc1. The number of aromatic amines is 1. The average Bonchev–Trinajstić information content (AvgIpc) is 3.70. The van der Waals surface area contributed by atoms with Gasteiger partial charge in [-0.3, -0.25) is 19.9 Å². The molecule has 0 saturated carbocycles. The average molecular weight is 779 g/mol. The molecule has 0 radical (unpaired) electrons. The van der Waals surface area contributed by atoms with E-state index in [9.17, 15) is 9.59 Å².